The van der Waals surface area contributed by atoms with Gasteiger partial charge in [-0.25, -0.2) is 9.69 Å². The van der Waals surface area contributed by atoms with Gasteiger partial charge in [-0.2, -0.15) is 0 Å². The third-order valence-corrected chi connectivity index (χ3v) is 4.44. The van der Waals surface area contributed by atoms with E-state index in [0.29, 0.717) is 5.75 Å². The largest absolute Gasteiger partial charge is 0.424 e. The molecule has 1 heterocycles. The van der Waals surface area contributed by atoms with Gasteiger partial charge < -0.3 is 9.47 Å². The molecule has 0 unspecified atom stereocenters. The summed E-state index contributed by atoms with van der Waals surface area (Å²) in [6.45, 7) is 1.23. The maximum atomic E-state index is 13.0. The smallest absolute Gasteiger partial charge is 0.343 e. The van der Waals surface area contributed by atoms with Crippen molar-refractivity contribution in [3.8, 4) is 11.5 Å². The highest BCUT2D eigenvalue weighted by atomic mass is 16.5. The number of esters is 2. The fraction of sp³-hybridized carbons (Fsp3) is 0.0435. The molecule has 1 aliphatic rings. The fourth-order valence-electron chi connectivity index (χ4n) is 3.12. The Kier molecular flexibility index (Phi) is 4.85. The Labute approximate surface area is 171 Å². The van der Waals surface area contributed by atoms with Gasteiger partial charge in [0.05, 0.1) is 22.4 Å². The molecule has 0 saturated carbocycles. The number of imide groups is 1. The molecule has 148 valence electrons. The summed E-state index contributed by atoms with van der Waals surface area (Å²) in [4.78, 5) is 50.6. The van der Waals surface area contributed by atoms with E-state index >= 15 is 0 Å². The first-order valence-electron chi connectivity index (χ1n) is 9.03. The number of hydrogen-bond acceptors (Lipinski definition) is 6. The summed E-state index contributed by atoms with van der Waals surface area (Å²) < 4.78 is 10.4. The normalized spacial score (nSPS) is 12.5. The molecule has 0 fully saturated rings. The number of nitrogens with zero attached hydrogens (tertiary/aromatic N) is 1. The summed E-state index contributed by atoms with van der Waals surface area (Å²) in [6.07, 6.45) is 0. The van der Waals surface area contributed by atoms with E-state index in [0.717, 1.165) is 4.90 Å². The fourth-order valence-corrected chi connectivity index (χ4v) is 3.12. The molecule has 0 aliphatic carbocycles. The van der Waals surface area contributed by atoms with Crippen molar-refractivity contribution in [3.63, 3.8) is 0 Å². The number of carbonyl (C=O) groups excluding carboxylic acids is 4. The van der Waals surface area contributed by atoms with E-state index in [1.54, 1.807) is 42.5 Å². The quantitative estimate of drug-likeness (QED) is 0.377. The van der Waals surface area contributed by atoms with Crippen molar-refractivity contribution >= 4 is 29.4 Å². The molecule has 0 bridgehead atoms. The summed E-state index contributed by atoms with van der Waals surface area (Å²) >= 11 is 0. The third-order valence-electron chi connectivity index (χ3n) is 4.44. The van der Waals surface area contributed by atoms with Crippen molar-refractivity contribution in [1.82, 2.24) is 0 Å². The SMILES string of the molecule is CC(=O)Oc1ccccc1N1C(=O)c2ccc(C(=O)Oc3ccccc3)cc2C1=O. The lowest BCUT2D eigenvalue weighted by atomic mass is 10.1. The van der Waals surface area contributed by atoms with E-state index in [9.17, 15) is 19.2 Å². The Balaban J connectivity index is 1.66. The monoisotopic (exact) mass is 401 g/mol. The molecule has 0 atom stereocenters. The van der Waals surface area contributed by atoms with Crippen LogP contribution in [0.3, 0.4) is 0 Å². The molecule has 7 nitrogen and oxygen atoms in total. The van der Waals surface area contributed by atoms with Crippen LogP contribution in [0.25, 0.3) is 0 Å². The molecule has 30 heavy (non-hydrogen) atoms. The average Bonchev–Trinajstić information content (AvgIpc) is 2.98. The molecule has 0 saturated heterocycles. The van der Waals surface area contributed by atoms with Gasteiger partial charge in [-0.05, 0) is 42.5 Å². The van der Waals surface area contributed by atoms with Gasteiger partial charge in [-0.15, -0.1) is 0 Å². The van der Waals surface area contributed by atoms with Crippen molar-refractivity contribution in [1.29, 1.82) is 0 Å². The van der Waals surface area contributed by atoms with Gasteiger partial charge in [0.25, 0.3) is 11.8 Å². The summed E-state index contributed by atoms with van der Waals surface area (Å²) in [7, 11) is 0. The highest BCUT2D eigenvalue weighted by Crippen LogP contribution is 2.35. The third kappa shape index (κ3) is 3.44. The van der Waals surface area contributed by atoms with Crippen LogP contribution in [-0.2, 0) is 4.79 Å². The van der Waals surface area contributed by atoms with Gasteiger partial charge in [0, 0.05) is 6.92 Å². The van der Waals surface area contributed by atoms with Gasteiger partial charge in [0.2, 0.25) is 0 Å². The number of hydrogen-bond donors (Lipinski definition) is 0. The minimum absolute atomic E-state index is 0.0696. The molecule has 7 heteroatoms. The highest BCUT2D eigenvalue weighted by Gasteiger charge is 2.38. The predicted molar refractivity (Wildman–Crippen MR) is 107 cm³/mol. The van der Waals surface area contributed by atoms with Gasteiger partial charge in [0.15, 0.2) is 5.75 Å². The van der Waals surface area contributed by atoms with E-state index in [-0.39, 0.29) is 28.1 Å². The number of rotatable bonds is 4. The van der Waals surface area contributed by atoms with E-state index in [1.165, 1.54) is 37.3 Å². The second-order valence-electron chi connectivity index (χ2n) is 6.47. The van der Waals surface area contributed by atoms with E-state index in [1.807, 2.05) is 0 Å². The Morgan fingerprint density at radius 3 is 2.17 bits per heavy atom. The molecular formula is C23H15NO6. The molecule has 0 radical (unpaired) electrons. The Bertz CT molecular complexity index is 1190. The number of benzene rings is 3. The molecule has 4 rings (SSSR count). The molecular weight excluding hydrogens is 386 g/mol. The van der Waals surface area contributed by atoms with Crippen LogP contribution >= 0.6 is 0 Å². The summed E-state index contributed by atoms with van der Waals surface area (Å²) in [5.41, 5.74) is 0.496. The van der Waals surface area contributed by atoms with Crippen LogP contribution in [-0.4, -0.2) is 23.8 Å². The van der Waals surface area contributed by atoms with Crippen LogP contribution in [0.2, 0.25) is 0 Å². The zero-order valence-electron chi connectivity index (χ0n) is 15.8. The van der Waals surface area contributed by atoms with Crippen molar-refractivity contribution < 1.29 is 28.7 Å². The number of fused-ring (bicyclic) bond motifs is 1. The topological polar surface area (TPSA) is 90.0 Å². The number of carbonyl (C=O) groups is 4. The minimum Gasteiger partial charge on any atom is -0.424 e. The van der Waals surface area contributed by atoms with Crippen LogP contribution in [0, 0.1) is 0 Å². The van der Waals surface area contributed by atoms with Gasteiger partial charge >= 0.3 is 11.9 Å². The zero-order valence-corrected chi connectivity index (χ0v) is 15.8. The lowest BCUT2D eigenvalue weighted by Gasteiger charge is -2.17. The van der Waals surface area contributed by atoms with Gasteiger partial charge in [-0.3, -0.25) is 14.4 Å². The van der Waals surface area contributed by atoms with Crippen LogP contribution in [0.4, 0.5) is 5.69 Å². The molecule has 2 amide bonds. The number of para-hydroxylation sites is 3. The lowest BCUT2D eigenvalue weighted by molar-refractivity contribution is -0.131. The molecule has 3 aromatic carbocycles. The van der Waals surface area contributed by atoms with Crippen molar-refractivity contribution in [3.05, 3.63) is 89.5 Å². The van der Waals surface area contributed by atoms with E-state index < -0.39 is 23.8 Å². The standard InChI is InChI=1S/C23H15NO6/c1-14(25)29-20-10-6-5-9-19(20)24-21(26)17-12-11-15(13-18(17)22(24)27)23(28)30-16-7-3-2-4-8-16/h2-13H,1H3. The molecule has 1 aliphatic heterocycles. The van der Waals surface area contributed by atoms with Gasteiger partial charge in [-0.1, -0.05) is 30.3 Å². The summed E-state index contributed by atoms with van der Waals surface area (Å²) in [5, 5.41) is 0. The van der Waals surface area contributed by atoms with E-state index in [4.69, 9.17) is 9.47 Å². The lowest BCUT2D eigenvalue weighted by Crippen LogP contribution is -2.30. The predicted octanol–water partition coefficient (Wildman–Crippen LogP) is 3.63. The number of amides is 2. The first kappa shape index (κ1) is 19.1. The summed E-state index contributed by atoms with van der Waals surface area (Å²) in [5.74, 6) is -1.97. The number of ether oxygens (including phenoxy) is 2. The first-order valence-corrected chi connectivity index (χ1v) is 9.03. The van der Waals surface area contributed by atoms with Crippen LogP contribution in [0.5, 0.6) is 11.5 Å². The Hall–Kier alpha value is -4.26. The first-order chi connectivity index (χ1) is 14.5. The maximum Gasteiger partial charge on any atom is 0.343 e. The highest BCUT2D eigenvalue weighted by molar-refractivity contribution is 6.35. The Morgan fingerprint density at radius 2 is 1.43 bits per heavy atom. The van der Waals surface area contributed by atoms with Crippen molar-refractivity contribution in [2.45, 2.75) is 6.92 Å². The minimum atomic E-state index is -0.650. The van der Waals surface area contributed by atoms with Gasteiger partial charge in [0.1, 0.15) is 5.75 Å². The molecule has 0 spiro atoms. The Morgan fingerprint density at radius 1 is 0.767 bits per heavy atom. The van der Waals surface area contributed by atoms with Crippen molar-refractivity contribution in [2.24, 2.45) is 0 Å². The van der Waals surface area contributed by atoms with Crippen LogP contribution in [0.15, 0.2) is 72.8 Å². The maximum absolute atomic E-state index is 13.0. The summed E-state index contributed by atoms with van der Waals surface area (Å²) in [6, 6.07) is 18.9. The molecule has 3 aromatic rings. The molecule has 0 N–H and O–H groups in total. The van der Waals surface area contributed by atoms with E-state index in [2.05, 4.69) is 0 Å². The van der Waals surface area contributed by atoms with Crippen LogP contribution < -0.4 is 14.4 Å². The average molecular weight is 401 g/mol. The second-order valence-corrected chi connectivity index (χ2v) is 6.47. The second kappa shape index (κ2) is 7.63. The van der Waals surface area contributed by atoms with Crippen molar-refractivity contribution in [2.75, 3.05) is 4.90 Å². The number of anilines is 1. The zero-order chi connectivity index (χ0) is 21.3. The van der Waals surface area contributed by atoms with Crippen LogP contribution in [0.1, 0.15) is 38.0 Å². The molecule has 0 aromatic heterocycles.